The minimum atomic E-state index is -2.57. The molecular formula is C40H38N2O3P+. The topological polar surface area (TPSA) is 37.6 Å². The number of fused-ring (bicyclic) bond motifs is 2. The Hall–Kier alpha value is -4.99. The van der Waals surface area contributed by atoms with E-state index in [1.54, 1.807) is 21.3 Å². The smallest absolute Gasteiger partial charge is 0.138 e. The van der Waals surface area contributed by atoms with Crippen molar-refractivity contribution in [3.63, 3.8) is 0 Å². The third-order valence-electron chi connectivity index (χ3n) is 9.27. The van der Waals surface area contributed by atoms with Crippen molar-refractivity contribution in [2.75, 3.05) is 21.3 Å². The standard InChI is InChI=1S/C40H38N2O3P/c1-41-26-36(34-10-6-8-12-38(34)41)40(37-27-42(2)39-13-9-7-11-35(37)39)46(31-20-14-28(43-3)15-21-31,32-22-16-29(44-4)17-23-32)33-24-18-30(45-5)19-25-33/h6-27,40H,1-5H3/q+1. The third-order valence-corrected chi connectivity index (χ3v) is 13.9. The second-order valence-corrected chi connectivity index (χ2v) is 15.2. The number of aromatic nitrogens is 2. The molecule has 0 radical (unpaired) electrons. The first kappa shape index (κ1) is 29.7. The first-order valence-corrected chi connectivity index (χ1v) is 17.3. The molecule has 5 aromatic carbocycles. The zero-order valence-electron chi connectivity index (χ0n) is 26.8. The molecule has 0 saturated carbocycles. The Labute approximate surface area is 270 Å². The molecule has 46 heavy (non-hydrogen) atoms. The summed E-state index contributed by atoms with van der Waals surface area (Å²) < 4.78 is 21.6. The summed E-state index contributed by atoms with van der Waals surface area (Å²) in [5, 5.41) is 6.28. The highest BCUT2D eigenvalue weighted by Gasteiger charge is 2.55. The lowest BCUT2D eigenvalue weighted by atomic mass is 10.0. The molecule has 0 aliphatic heterocycles. The molecule has 0 saturated heterocycles. The van der Waals surface area contributed by atoms with E-state index >= 15 is 0 Å². The fourth-order valence-electron chi connectivity index (χ4n) is 7.11. The zero-order chi connectivity index (χ0) is 31.8. The minimum absolute atomic E-state index is 0.0418. The summed E-state index contributed by atoms with van der Waals surface area (Å²) >= 11 is 0. The summed E-state index contributed by atoms with van der Waals surface area (Å²) in [5.74, 6) is 2.49. The van der Waals surface area contributed by atoms with E-state index in [0.717, 1.165) is 17.2 Å². The fourth-order valence-corrected chi connectivity index (χ4v) is 12.0. The molecule has 230 valence electrons. The first-order valence-electron chi connectivity index (χ1n) is 15.4. The number of rotatable bonds is 9. The highest BCUT2D eigenvalue weighted by Crippen LogP contribution is 2.70. The fraction of sp³-hybridized carbons (Fsp3) is 0.150. The maximum absolute atomic E-state index is 5.68. The van der Waals surface area contributed by atoms with E-state index in [9.17, 15) is 0 Å². The van der Waals surface area contributed by atoms with E-state index < -0.39 is 7.26 Å². The molecule has 0 N–H and O–H groups in total. The van der Waals surface area contributed by atoms with Crippen molar-refractivity contribution in [3.8, 4) is 17.2 Å². The Balaban J connectivity index is 1.69. The molecule has 2 heterocycles. The van der Waals surface area contributed by atoms with E-state index in [-0.39, 0.29) is 5.66 Å². The van der Waals surface area contributed by atoms with Crippen molar-refractivity contribution < 1.29 is 14.2 Å². The number of ether oxygens (including phenoxy) is 3. The van der Waals surface area contributed by atoms with Crippen LogP contribution in [0.3, 0.4) is 0 Å². The Bertz CT molecular complexity index is 1930. The predicted octanol–water partition coefficient (Wildman–Crippen LogP) is 7.78. The summed E-state index contributed by atoms with van der Waals surface area (Å²) in [6, 6.07) is 43.7. The third kappa shape index (κ3) is 4.74. The van der Waals surface area contributed by atoms with Gasteiger partial charge in [-0.15, -0.1) is 0 Å². The van der Waals surface area contributed by atoms with Crippen LogP contribution in [-0.4, -0.2) is 30.5 Å². The van der Waals surface area contributed by atoms with E-state index in [4.69, 9.17) is 14.2 Å². The Morgan fingerprint density at radius 3 is 1.11 bits per heavy atom. The van der Waals surface area contributed by atoms with Crippen LogP contribution in [0.1, 0.15) is 16.8 Å². The molecule has 6 heteroatoms. The molecule has 0 amide bonds. The van der Waals surface area contributed by atoms with Crippen LogP contribution in [0.15, 0.2) is 134 Å². The molecule has 0 aliphatic carbocycles. The van der Waals surface area contributed by atoms with Crippen molar-refractivity contribution >= 4 is 45.0 Å². The number of nitrogens with zero attached hydrogens (tertiary/aromatic N) is 2. The van der Waals surface area contributed by atoms with Gasteiger partial charge in [-0.3, -0.25) is 0 Å². The normalized spacial score (nSPS) is 11.8. The van der Waals surface area contributed by atoms with Crippen LogP contribution >= 0.6 is 7.26 Å². The van der Waals surface area contributed by atoms with E-state index in [2.05, 4.69) is 157 Å². The summed E-state index contributed by atoms with van der Waals surface area (Å²) in [4.78, 5) is 0. The number of para-hydroxylation sites is 2. The number of methoxy groups -OCH3 is 3. The lowest BCUT2D eigenvalue weighted by molar-refractivity contribution is 0.415. The summed E-state index contributed by atoms with van der Waals surface area (Å²) in [7, 11) is 6.90. The molecule has 0 bridgehead atoms. The van der Waals surface area contributed by atoms with Gasteiger partial charge in [0.05, 0.1) is 21.3 Å². The molecule has 0 atom stereocenters. The van der Waals surface area contributed by atoms with E-state index in [1.807, 2.05) is 0 Å². The maximum atomic E-state index is 5.68. The Kier molecular flexibility index (Phi) is 7.80. The molecule has 7 rings (SSSR count). The largest absolute Gasteiger partial charge is 0.497 e. The van der Waals surface area contributed by atoms with Crippen LogP contribution in [0.4, 0.5) is 0 Å². The van der Waals surface area contributed by atoms with Crippen LogP contribution in [0, 0.1) is 0 Å². The van der Waals surface area contributed by atoms with Gasteiger partial charge in [-0.2, -0.15) is 0 Å². The molecule has 0 aliphatic rings. The summed E-state index contributed by atoms with van der Waals surface area (Å²) in [6.07, 6.45) is 4.70. The molecule has 5 nitrogen and oxygen atoms in total. The quantitative estimate of drug-likeness (QED) is 0.154. The lowest BCUT2D eigenvalue weighted by Crippen LogP contribution is -2.35. The van der Waals surface area contributed by atoms with Gasteiger partial charge in [0, 0.05) is 59.4 Å². The monoisotopic (exact) mass is 625 g/mol. The molecule has 0 spiro atoms. The zero-order valence-corrected chi connectivity index (χ0v) is 27.7. The van der Waals surface area contributed by atoms with Crippen molar-refractivity contribution in [3.05, 3.63) is 145 Å². The van der Waals surface area contributed by atoms with Crippen molar-refractivity contribution in [2.24, 2.45) is 14.1 Å². The predicted molar refractivity (Wildman–Crippen MR) is 192 cm³/mol. The Morgan fingerprint density at radius 2 is 0.783 bits per heavy atom. The average molecular weight is 626 g/mol. The molecule has 0 unspecified atom stereocenters. The van der Waals surface area contributed by atoms with Crippen LogP contribution < -0.4 is 30.1 Å². The van der Waals surface area contributed by atoms with E-state index in [0.29, 0.717) is 0 Å². The molecule has 7 aromatic rings. The van der Waals surface area contributed by atoms with E-state index in [1.165, 1.54) is 48.8 Å². The van der Waals surface area contributed by atoms with Gasteiger partial charge in [-0.1, -0.05) is 36.4 Å². The number of hydrogen-bond donors (Lipinski definition) is 0. The van der Waals surface area contributed by atoms with Crippen LogP contribution in [-0.2, 0) is 14.1 Å². The van der Waals surface area contributed by atoms with Gasteiger partial charge in [0.25, 0.3) is 0 Å². The van der Waals surface area contributed by atoms with Gasteiger partial charge in [0.1, 0.15) is 46.1 Å². The number of aryl methyl sites for hydroxylation is 2. The Morgan fingerprint density at radius 1 is 0.457 bits per heavy atom. The van der Waals surface area contributed by atoms with Crippen LogP contribution in [0.25, 0.3) is 21.8 Å². The SMILES string of the molecule is COc1ccc([P+](c2ccc(OC)cc2)(c2ccc(OC)cc2)C(c2cn(C)c3ccccc23)c2cn(C)c3ccccc23)cc1. The second-order valence-electron chi connectivity index (χ2n) is 11.6. The van der Waals surface area contributed by atoms with Gasteiger partial charge in [0.2, 0.25) is 0 Å². The van der Waals surface area contributed by atoms with Crippen molar-refractivity contribution in [1.29, 1.82) is 0 Å². The van der Waals surface area contributed by atoms with Gasteiger partial charge in [-0.25, -0.2) is 0 Å². The summed E-state index contributed by atoms with van der Waals surface area (Å²) in [5.41, 5.74) is 4.97. The average Bonchev–Trinajstić information content (AvgIpc) is 3.63. The molecule has 2 aromatic heterocycles. The van der Waals surface area contributed by atoms with Gasteiger partial charge in [0.15, 0.2) is 0 Å². The van der Waals surface area contributed by atoms with Gasteiger partial charge >= 0.3 is 0 Å². The number of hydrogen-bond acceptors (Lipinski definition) is 3. The molecular weight excluding hydrogens is 587 g/mol. The van der Waals surface area contributed by atoms with Crippen molar-refractivity contribution in [1.82, 2.24) is 9.13 Å². The second kappa shape index (κ2) is 12.1. The van der Waals surface area contributed by atoms with Gasteiger partial charge in [-0.05, 0) is 84.9 Å². The number of benzene rings is 5. The van der Waals surface area contributed by atoms with Crippen LogP contribution in [0.5, 0.6) is 17.2 Å². The minimum Gasteiger partial charge on any atom is -0.497 e. The van der Waals surface area contributed by atoms with Crippen molar-refractivity contribution in [2.45, 2.75) is 5.66 Å². The first-order chi connectivity index (χ1) is 22.5. The molecule has 0 fully saturated rings. The van der Waals surface area contributed by atoms with Gasteiger partial charge < -0.3 is 23.3 Å². The highest BCUT2D eigenvalue weighted by atomic mass is 31.2. The maximum Gasteiger partial charge on any atom is 0.138 e. The van der Waals surface area contributed by atoms with Crippen LogP contribution in [0.2, 0.25) is 0 Å². The summed E-state index contributed by atoms with van der Waals surface area (Å²) in [6.45, 7) is 0. The lowest BCUT2D eigenvalue weighted by Gasteiger charge is -2.35. The highest BCUT2D eigenvalue weighted by molar-refractivity contribution is 7.96.